The zero-order valence-corrected chi connectivity index (χ0v) is 12.4. The van der Waals surface area contributed by atoms with E-state index in [0.717, 1.165) is 17.8 Å². The van der Waals surface area contributed by atoms with E-state index in [-0.39, 0.29) is 0 Å². The summed E-state index contributed by atoms with van der Waals surface area (Å²) in [6.07, 6.45) is 6.33. The van der Waals surface area contributed by atoms with Crippen molar-refractivity contribution in [2.75, 3.05) is 11.3 Å². The van der Waals surface area contributed by atoms with E-state index in [1.165, 1.54) is 36.6 Å². The molecule has 3 N–H and O–H groups in total. The molecule has 0 spiro atoms. The third-order valence-electron chi connectivity index (χ3n) is 3.03. The van der Waals surface area contributed by atoms with E-state index >= 15 is 0 Å². The lowest BCUT2D eigenvalue weighted by Gasteiger charge is -2.02. The number of H-pyrrole nitrogens is 1. The van der Waals surface area contributed by atoms with Gasteiger partial charge in [-0.15, -0.1) is 11.3 Å². The quantitative estimate of drug-likeness (QED) is 0.724. The lowest BCUT2D eigenvalue weighted by molar-refractivity contribution is 0.603. The maximum absolute atomic E-state index is 12.1. The van der Waals surface area contributed by atoms with Gasteiger partial charge < -0.3 is 5.32 Å². The SMILES string of the molecule is O=S(=O)(Nc1cn[nH]c1)c1ccc(CCNC2CC2)s1. The Labute approximate surface area is 121 Å². The molecule has 6 nitrogen and oxygen atoms in total. The minimum absolute atomic E-state index is 0.333. The Morgan fingerprint density at radius 2 is 2.25 bits per heavy atom. The number of anilines is 1. The van der Waals surface area contributed by atoms with Crippen molar-refractivity contribution in [1.82, 2.24) is 15.5 Å². The first kappa shape index (κ1) is 13.6. The maximum atomic E-state index is 12.1. The minimum Gasteiger partial charge on any atom is -0.314 e. The lowest BCUT2D eigenvalue weighted by Crippen LogP contribution is -2.18. The molecule has 0 aliphatic heterocycles. The Kier molecular flexibility index (Phi) is 3.77. The van der Waals surface area contributed by atoms with Crippen molar-refractivity contribution in [3.63, 3.8) is 0 Å². The van der Waals surface area contributed by atoms with Crippen molar-refractivity contribution in [2.45, 2.75) is 29.5 Å². The second-order valence-corrected chi connectivity index (χ2v) is 7.87. The molecule has 0 saturated heterocycles. The third kappa shape index (κ3) is 3.38. The van der Waals surface area contributed by atoms with Crippen molar-refractivity contribution < 1.29 is 8.42 Å². The largest absolute Gasteiger partial charge is 0.314 e. The van der Waals surface area contributed by atoms with Gasteiger partial charge in [0.2, 0.25) is 0 Å². The van der Waals surface area contributed by atoms with Crippen molar-refractivity contribution >= 4 is 27.0 Å². The van der Waals surface area contributed by atoms with Gasteiger partial charge in [-0.1, -0.05) is 0 Å². The predicted molar refractivity (Wildman–Crippen MR) is 78.4 cm³/mol. The number of aromatic nitrogens is 2. The number of nitrogens with one attached hydrogen (secondary N) is 3. The standard InChI is InChI=1S/C12H16N4O2S2/c17-20(18,16-10-7-14-15-8-10)12-4-3-11(19-12)5-6-13-9-1-2-9/h3-4,7-9,13,16H,1-2,5-6H2,(H,14,15). The predicted octanol–water partition coefficient (Wildman–Crippen LogP) is 1.57. The number of nitrogens with zero attached hydrogens (tertiary/aromatic N) is 1. The van der Waals surface area contributed by atoms with Crippen LogP contribution in [0.5, 0.6) is 0 Å². The molecule has 1 fully saturated rings. The topological polar surface area (TPSA) is 86.9 Å². The van der Waals surface area contributed by atoms with Crippen molar-refractivity contribution in [2.24, 2.45) is 0 Å². The molecule has 2 aromatic rings. The van der Waals surface area contributed by atoms with E-state index in [4.69, 9.17) is 0 Å². The van der Waals surface area contributed by atoms with E-state index in [1.54, 1.807) is 6.07 Å². The Morgan fingerprint density at radius 1 is 1.40 bits per heavy atom. The van der Waals surface area contributed by atoms with Gasteiger partial charge >= 0.3 is 0 Å². The van der Waals surface area contributed by atoms with Crippen molar-refractivity contribution in [3.8, 4) is 0 Å². The summed E-state index contributed by atoms with van der Waals surface area (Å²) in [6.45, 7) is 0.903. The number of hydrogen-bond donors (Lipinski definition) is 3. The summed E-state index contributed by atoms with van der Waals surface area (Å²) in [5.74, 6) is 0. The highest BCUT2D eigenvalue weighted by Crippen LogP contribution is 2.24. The summed E-state index contributed by atoms with van der Waals surface area (Å²) in [5, 5.41) is 9.70. The molecule has 2 aromatic heterocycles. The molecule has 1 aliphatic rings. The molecule has 20 heavy (non-hydrogen) atoms. The van der Waals surface area contributed by atoms with Gasteiger partial charge in [-0.25, -0.2) is 8.42 Å². The summed E-state index contributed by atoms with van der Waals surface area (Å²) < 4.78 is 27.1. The van der Waals surface area contributed by atoms with Crippen LogP contribution >= 0.6 is 11.3 Å². The van der Waals surface area contributed by atoms with Gasteiger partial charge in [0.25, 0.3) is 10.0 Å². The number of aromatic amines is 1. The van der Waals surface area contributed by atoms with E-state index in [2.05, 4.69) is 20.2 Å². The molecule has 1 saturated carbocycles. The minimum atomic E-state index is -3.50. The van der Waals surface area contributed by atoms with Gasteiger partial charge in [-0.2, -0.15) is 5.10 Å². The van der Waals surface area contributed by atoms with Gasteiger partial charge in [0, 0.05) is 23.7 Å². The van der Waals surface area contributed by atoms with Gasteiger partial charge in [-0.3, -0.25) is 9.82 Å². The molecule has 0 radical (unpaired) electrons. The smallest absolute Gasteiger partial charge is 0.271 e. The Hall–Kier alpha value is -1.38. The average molecular weight is 312 g/mol. The number of sulfonamides is 1. The third-order valence-corrected chi connectivity index (χ3v) is 6.05. The normalized spacial score (nSPS) is 15.4. The fourth-order valence-corrected chi connectivity index (χ4v) is 4.23. The van der Waals surface area contributed by atoms with E-state index < -0.39 is 10.0 Å². The molecule has 0 amide bonds. The van der Waals surface area contributed by atoms with Crippen LogP contribution in [0.3, 0.4) is 0 Å². The molecule has 3 rings (SSSR count). The van der Waals surface area contributed by atoms with E-state index in [9.17, 15) is 8.42 Å². The van der Waals surface area contributed by atoms with Crippen LogP contribution in [-0.4, -0.2) is 31.2 Å². The zero-order valence-electron chi connectivity index (χ0n) is 10.8. The first-order valence-electron chi connectivity index (χ1n) is 6.47. The van der Waals surface area contributed by atoms with E-state index in [1.807, 2.05) is 6.07 Å². The Bertz CT molecular complexity index is 659. The zero-order chi connectivity index (χ0) is 14.0. The van der Waals surface area contributed by atoms with Crippen LogP contribution in [0.25, 0.3) is 0 Å². The van der Waals surface area contributed by atoms with Gasteiger partial charge in [-0.05, 0) is 31.4 Å². The molecule has 2 heterocycles. The number of hydrogen-bond acceptors (Lipinski definition) is 5. The molecule has 0 aromatic carbocycles. The van der Waals surface area contributed by atoms with Crippen molar-refractivity contribution in [3.05, 3.63) is 29.4 Å². The Morgan fingerprint density at radius 3 is 2.95 bits per heavy atom. The fourth-order valence-electron chi connectivity index (χ4n) is 1.84. The van der Waals surface area contributed by atoms with Crippen LogP contribution in [0.1, 0.15) is 17.7 Å². The second-order valence-electron chi connectivity index (χ2n) is 4.79. The maximum Gasteiger partial charge on any atom is 0.271 e. The monoisotopic (exact) mass is 312 g/mol. The van der Waals surface area contributed by atoms with Gasteiger partial charge in [0.15, 0.2) is 0 Å². The van der Waals surface area contributed by atoms with Crippen LogP contribution in [0.2, 0.25) is 0 Å². The lowest BCUT2D eigenvalue weighted by atomic mass is 10.3. The molecule has 0 bridgehead atoms. The van der Waals surface area contributed by atoms with Crippen LogP contribution in [-0.2, 0) is 16.4 Å². The average Bonchev–Trinajstić information content (AvgIpc) is 2.90. The molecule has 1 aliphatic carbocycles. The molecule has 0 unspecified atom stereocenters. The van der Waals surface area contributed by atoms with Crippen LogP contribution in [0, 0.1) is 0 Å². The molecule has 0 atom stereocenters. The van der Waals surface area contributed by atoms with Crippen LogP contribution in [0.4, 0.5) is 5.69 Å². The molecule has 8 heteroatoms. The number of thiophene rings is 1. The fraction of sp³-hybridized carbons (Fsp3) is 0.417. The summed E-state index contributed by atoms with van der Waals surface area (Å²) in [7, 11) is -3.50. The first-order chi connectivity index (χ1) is 9.63. The first-order valence-corrected chi connectivity index (χ1v) is 8.77. The molecular formula is C12H16N4O2S2. The highest BCUT2D eigenvalue weighted by atomic mass is 32.2. The van der Waals surface area contributed by atoms with Gasteiger partial charge in [0.05, 0.1) is 11.9 Å². The molecular weight excluding hydrogens is 296 g/mol. The highest BCUT2D eigenvalue weighted by Gasteiger charge is 2.20. The van der Waals surface area contributed by atoms with Crippen LogP contribution in [0.15, 0.2) is 28.7 Å². The van der Waals surface area contributed by atoms with E-state index in [0.29, 0.717) is 15.9 Å². The second kappa shape index (κ2) is 5.55. The highest BCUT2D eigenvalue weighted by molar-refractivity contribution is 7.94. The summed E-state index contributed by atoms with van der Waals surface area (Å²) >= 11 is 1.31. The summed E-state index contributed by atoms with van der Waals surface area (Å²) in [5.41, 5.74) is 0.440. The summed E-state index contributed by atoms with van der Waals surface area (Å²) in [4.78, 5) is 1.07. The van der Waals surface area contributed by atoms with Crippen molar-refractivity contribution in [1.29, 1.82) is 0 Å². The molecule has 108 valence electrons. The van der Waals surface area contributed by atoms with Crippen LogP contribution < -0.4 is 10.0 Å². The van der Waals surface area contributed by atoms with Gasteiger partial charge in [0.1, 0.15) is 4.21 Å². The number of rotatable bonds is 7. The summed E-state index contributed by atoms with van der Waals surface area (Å²) in [6, 6.07) is 4.21. The Balaban J connectivity index is 1.62.